The molecule has 0 saturated carbocycles. The Morgan fingerprint density at radius 3 is 2.89 bits per heavy atom. The summed E-state index contributed by atoms with van der Waals surface area (Å²) in [6, 6.07) is 5.93. The highest BCUT2D eigenvalue weighted by atomic mass is 16.3. The summed E-state index contributed by atoms with van der Waals surface area (Å²) in [5, 5.41) is 0. The maximum absolute atomic E-state index is 5.34. The fraction of sp³-hybridized carbons (Fsp3) is 0.308. The summed E-state index contributed by atoms with van der Waals surface area (Å²) in [6.45, 7) is 3.67. The van der Waals surface area contributed by atoms with Gasteiger partial charge in [-0.25, -0.2) is 10.8 Å². The molecule has 0 aliphatic rings. The molecule has 96 valence electrons. The number of aryl methyl sites for hydroxylation is 1. The van der Waals surface area contributed by atoms with Crippen LogP contribution in [-0.2, 0) is 13.1 Å². The minimum absolute atomic E-state index is 0.681. The maximum atomic E-state index is 5.34. The van der Waals surface area contributed by atoms with Gasteiger partial charge in [-0.1, -0.05) is 0 Å². The van der Waals surface area contributed by atoms with E-state index < -0.39 is 0 Å². The van der Waals surface area contributed by atoms with Gasteiger partial charge in [-0.3, -0.25) is 4.90 Å². The molecule has 2 heterocycles. The largest absolute Gasteiger partial charge is 0.469 e. The first-order valence-corrected chi connectivity index (χ1v) is 5.82. The second-order valence-electron chi connectivity index (χ2n) is 4.37. The number of pyridine rings is 1. The zero-order valence-corrected chi connectivity index (χ0v) is 10.7. The Kier molecular flexibility index (Phi) is 3.96. The topological polar surface area (TPSA) is 67.3 Å². The second kappa shape index (κ2) is 5.66. The highest BCUT2D eigenvalue weighted by Gasteiger charge is 2.06. The number of hydrogen-bond donors (Lipinski definition) is 2. The van der Waals surface area contributed by atoms with Gasteiger partial charge in [-0.15, -0.1) is 0 Å². The molecule has 5 heteroatoms. The Morgan fingerprint density at radius 2 is 2.22 bits per heavy atom. The summed E-state index contributed by atoms with van der Waals surface area (Å²) in [5.41, 5.74) is 4.93. The van der Waals surface area contributed by atoms with Crippen LogP contribution >= 0.6 is 0 Å². The predicted octanol–water partition coefficient (Wildman–Crippen LogP) is 1.90. The summed E-state index contributed by atoms with van der Waals surface area (Å²) in [7, 11) is 2.07. The van der Waals surface area contributed by atoms with E-state index in [0.29, 0.717) is 5.82 Å². The van der Waals surface area contributed by atoms with Crippen molar-refractivity contribution in [1.82, 2.24) is 9.88 Å². The van der Waals surface area contributed by atoms with Crippen molar-refractivity contribution in [3.05, 3.63) is 47.5 Å². The molecule has 0 aromatic carbocycles. The van der Waals surface area contributed by atoms with E-state index in [9.17, 15) is 0 Å². The molecule has 0 atom stereocenters. The second-order valence-corrected chi connectivity index (χ2v) is 4.37. The minimum Gasteiger partial charge on any atom is -0.469 e. The molecule has 0 unspecified atom stereocenters. The van der Waals surface area contributed by atoms with Crippen LogP contribution in [0.4, 0.5) is 5.82 Å². The summed E-state index contributed by atoms with van der Waals surface area (Å²) < 4.78 is 5.29. The van der Waals surface area contributed by atoms with E-state index in [2.05, 4.69) is 22.4 Å². The number of anilines is 1. The molecule has 0 aliphatic heterocycles. The van der Waals surface area contributed by atoms with Crippen LogP contribution in [0.1, 0.15) is 16.9 Å². The van der Waals surface area contributed by atoms with Gasteiger partial charge in [0.25, 0.3) is 0 Å². The van der Waals surface area contributed by atoms with Crippen molar-refractivity contribution in [3.63, 3.8) is 0 Å². The van der Waals surface area contributed by atoms with Crippen molar-refractivity contribution in [3.8, 4) is 0 Å². The average molecular weight is 246 g/mol. The molecule has 3 N–H and O–H groups in total. The molecule has 0 aliphatic carbocycles. The van der Waals surface area contributed by atoms with Crippen molar-refractivity contribution >= 4 is 5.82 Å². The van der Waals surface area contributed by atoms with Crippen molar-refractivity contribution in [1.29, 1.82) is 0 Å². The van der Waals surface area contributed by atoms with Gasteiger partial charge in [0.2, 0.25) is 0 Å². The van der Waals surface area contributed by atoms with Gasteiger partial charge < -0.3 is 9.84 Å². The molecule has 2 aromatic heterocycles. The standard InChI is InChI=1S/C13H18N4O/c1-10-12(4-6-18-10)9-17(2)8-11-3-5-15-13(7-11)16-14/h3-7H,8-9,14H2,1-2H3,(H,15,16). The van der Waals surface area contributed by atoms with E-state index in [1.54, 1.807) is 12.5 Å². The van der Waals surface area contributed by atoms with Gasteiger partial charge in [-0.05, 0) is 37.7 Å². The Balaban J connectivity index is 1.98. The fourth-order valence-corrected chi connectivity index (χ4v) is 1.89. The zero-order valence-electron chi connectivity index (χ0n) is 10.7. The van der Waals surface area contributed by atoms with Gasteiger partial charge in [0, 0.05) is 24.8 Å². The molecule has 0 amide bonds. The highest BCUT2D eigenvalue weighted by molar-refractivity contribution is 5.35. The van der Waals surface area contributed by atoms with E-state index >= 15 is 0 Å². The number of aromatic nitrogens is 1. The summed E-state index contributed by atoms with van der Waals surface area (Å²) in [6.07, 6.45) is 3.48. The number of hydrazine groups is 1. The molecule has 0 spiro atoms. The third kappa shape index (κ3) is 3.09. The highest BCUT2D eigenvalue weighted by Crippen LogP contribution is 2.13. The monoisotopic (exact) mass is 246 g/mol. The summed E-state index contributed by atoms with van der Waals surface area (Å²) in [5.74, 6) is 6.99. The Labute approximate surface area is 107 Å². The van der Waals surface area contributed by atoms with Crippen LogP contribution in [0.2, 0.25) is 0 Å². The Hall–Kier alpha value is -1.85. The number of nitrogens with zero attached hydrogens (tertiary/aromatic N) is 2. The third-order valence-electron chi connectivity index (χ3n) is 2.83. The fourth-order valence-electron chi connectivity index (χ4n) is 1.89. The first-order valence-electron chi connectivity index (χ1n) is 5.82. The van der Waals surface area contributed by atoms with Crippen LogP contribution in [0.3, 0.4) is 0 Å². The van der Waals surface area contributed by atoms with Crippen molar-refractivity contribution in [2.45, 2.75) is 20.0 Å². The van der Waals surface area contributed by atoms with Crippen LogP contribution < -0.4 is 11.3 Å². The third-order valence-corrected chi connectivity index (χ3v) is 2.83. The van der Waals surface area contributed by atoms with Crippen molar-refractivity contribution in [2.24, 2.45) is 5.84 Å². The predicted molar refractivity (Wildman–Crippen MR) is 70.7 cm³/mol. The first-order chi connectivity index (χ1) is 8.69. The molecule has 0 bridgehead atoms. The molecule has 2 aromatic rings. The smallest absolute Gasteiger partial charge is 0.140 e. The lowest BCUT2D eigenvalue weighted by molar-refractivity contribution is 0.316. The Bertz CT molecular complexity index is 509. The summed E-state index contributed by atoms with van der Waals surface area (Å²) >= 11 is 0. The van der Waals surface area contributed by atoms with E-state index in [4.69, 9.17) is 10.3 Å². The van der Waals surface area contributed by atoms with Crippen molar-refractivity contribution < 1.29 is 4.42 Å². The molecule has 5 nitrogen and oxygen atoms in total. The van der Waals surface area contributed by atoms with Crippen LogP contribution in [0, 0.1) is 6.92 Å². The van der Waals surface area contributed by atoms with Gasteiger partial charge in [-0.2, -0.15) is 0 Å². The lowest BCUT2D eigenvalue weighted by Crippen LogP contribution is -2.18. The first kappa shape index (κ1) is 12.6. The van der Waals surface area contributed by atoms with E-state index in [-0.39, 0.29) is 0 Å². The lowest BCUT2D eigenvalue weighted by Gasteiger charge is -2.16. The maximum Gasteiger partial charge on any atom is 0.140 e. The van der Waals surface area contributed by atoms with Crippen LogP contribution in [0.25, 0.3) is 0 Å². The van der Waals surface area contributed by atoms with Gasteiger partial charge in [0.05, 0.1) is 6.26 Å². The van der Waals surface area contributed by atoms with Crippen LogP contribution in [0.5, 0.6) is 0 Å². The average Bonchev–Trinajstić information content (AvgIpc) is 2.75. The van der Waals surface area contributed by atoms with Gasteiger partial charge in [0.1, 0.15) is 11.6 Å². The molecule has 18 heavy (non-hydrogen) atoms. The number of rotatable bonds is 5. The minimum atomic E-state index is 0.681. The molecular formula is C13H18N4O. The molecular weight excluding hydrogens is 228 g/mol. The number of nitrogen functional groups attached to an aromatic ring is 1. The van der Waals surface area contributed by atoms with E-state index in [1.165, 1.54) is 11.1 Å². The molecule has 0 fully saturated rings. The normalized spacial score (nSPS) is 10.9. The molecule has 0 radical (unpaired) electrons. The summed E-state index contributed by atoms with van der Waals surface area (Å²) in [4.78, 5) is 6.30. The lowest BCUT2D eigenvalue weighted by atomic mass is 10.2. The molecule has 0 saturated heterocycles. The number of hydrogen-bond acceptors (Lipinski definition) is 5. The van der Waals surface area contributed by atoms with E-state index in [1.807, 2.05) is 25.1 Å². The number of nitrogens with two attached hydrogens (primary N) is 1. The zero-order chi connectivity index (χ0) is 13.0. The Morgan fingerprint density at radius 1 is 1.39 bits per heavy atom. The quantitative estimate of drug-likeness (QED) is 0.623. The van der Waals surface area contributed by atoms with Crippen LogP contribution in [-0.4, -0.2) is 16.9 Å². The number of furan rings is 1. The van der Waals surface area contributed by atoms with Gasteiger partial charge in [0.15, 0.2) is 0 Å². The van der Waals surface area contributed by atoms with Crippen molar-refractivity contribution in [2.75, 3.05) is 12.5 Å². The SMILES string of the molecule is Cc1occc1CN(C)Cc1ccnc(NN)c1. The number of nitrogens with one attached hydrogen (secondary N) is 1. The van der Waals surface area contributed by atoms with Crippen LogP contribution in [0.15, 0.2) is 35.1 Å². The van der Waals surface area contributed by atoms with Gasteiger partial charge >= 0.3 is 0 Å². The molecule has 2 rings (SSSR count). The van der Waals surface area contributed by atoms with E-state index in [0.717, 1.165) is 18.8 Å².